The van der Waals surface area contributed by atoms with E-state index < -0.39 is 10.8 Å². The maximum atomic E-state index is 13.0. The fourth-order valence-electron chi connectivity index (χ4n) is 3.24. The largest absolute Gasteiger partial charge is 0.327 e. The molecule has 1 fully saturated rings. The fraction of sp³-hybridized carbons (Fsp3) is 0.444. The standard InChI is InChI=1S/C18H23NOS/c1-18(2)10-9-16(19)17(12-18)21(20)15-8-7-13-5-3-4-6-14(13)11-15/h3-8,11,16-17H,9-10,12,19H2,1-2H3. The summed E-state index contributed by atoms with van der Waals surface area (Å²) in [7, 11) is -1.03. The molecule has 3 heteroatoms. The molecule has 3 rings (SSSR count). The Balaban J connectivity index is 1.92. The minimum Gasteiger partial charge on any atom is -0.327 e. The lowest BCUT2D eigenvalue weighted by Crippen LogP contribution is -2.45. The van der Waals surface area contributed by atoms with E-state index in [0.29, 0.717) is 0 Å². The van der Waals surface area contributed by atoms with Crippen molar-refractivity contribution in [1.29, 1.82) is 0 Å². The highest BCUT2D eigenvalue weighted by atomic mass is 32.2. The van der Waals surface area contributed by atoms with Gasteiger partial charge in [0.15, 0.2) is 0 Å². The molecular formula is C18H23NOS. The Morgan fingerprint density at radius 1 is 1.14 bits per heavy atom. The van der Waals surface area contributed by atoms with Crippen LogP contribution in [0.4, 0.5) is 0 Å². The first-order valence-electron chi connectivity index (χ1n) is 7.61. The molecule has 3 atom stereocenters. The maximum absolute atomic E-state index is 13.0. The Kier molecular flexibility index (Phi) is 3.89. The molecule has 2 N–H and O–H groups in total. The van der Waals surface area contributed by atoms with Crippen LogP contribution >= 0.6 is 0 Å². The molecule has 0 spiro atoms. The second-order valence-corrected chi connectivity index (χ2v) is 8.59. The first kappa shape index (κ1) is 14.7. The van der Waals surface area contributed by atoms with Gasteiger partial charge in [0.2, 0.25) is 0 Å². The van der Waals surface area contributed by atoms with Gasteiger partial charge in [-0.15, -0.1) is 0 Å². The fourth-order valence-corrected chi connectivity index (χ4v) is 5.09. The van der Waals surface area contributed by atoms with Crippen LogP contribution in [0, 0.1) is 5.41 Å². The number of hydrogen-bond acceptors (Lipinski definition) is 2. The van der Waals surface area contributed by atoms with E-state index in [-0.39, 0.29) is 16.7 Å². The number of benzene rings is 2. The topological polar surface area (TPSA) is 43.1 Å². The van der Waals surface area contributed by atoms with Crippen molar-refractivity contribution in [1.82, 2.24) is 0 Å². The van der Waals surface area contributed by atoms with Gasteiger partial charge in [-0.1, -0.05) is 44.2 Å². The van der Waals surface area contributed by atoms with Gasteiger partial charge in [-0.2, -0.15) is 0 Å². The minimum atomic E-state index is -1.03. The van der Waals surface area contributed by atoms with Gasteiger partial charge >= 0.3 is 0 Å². The van der Waals surface area contributed by atoms with E-state index in [1.807, 2.05) is 18.2 Å². The van der Waals surface area contributed by atoms with Crippen LogP contribution in [0.3, 0.4) is 0 Å². The minimum absolute atomic E-state index is 0.0466. The molecule has 0 aliphatic heterocycles. The molecule has 112 valence electrons. The van der Waals surface area contributed by atoms with E-state index in [4.69, 9.17) is 5.73 Å². The van der Waals surface area contributed by atoms with Crippen LogP contribution in [-0.4, -0.2) is 15.5 Å². The van der Waals surface area contributed by atoms with Crippen LogP contribution in [0.15, 0.2) is 47.4 Å². The van der Waals surface area contributed by atoms with Gasteiger partial charge in [0.25, 0.3) is 0 Å². The molecule has 1 aliphatic carbocycles. The molecule has 1 saturated carbocycles. The summed E-state index contributed by atoms with van der Waals surface area (Å²) in [5, 5.41) is 2.40. The number of fused-ring (bicyclic) bond motifs is 1. The lowest BCUT2D eigenvalue weighted by atomic mass is 9.75. The predicted molar refractivity (Wildman–Crippen MR) is 89.8 cm³/mol. The van der Waals surface area contributed by atoms with Gasteiger partial charge in [-0.3, -0.25) is 4.21 Å². The summed E-state index contributed by atoms with van der Waals surface area (Å²) in [5.41, 5.74) is 6.50. The van der Waals surface area contributed by atoms with Gasteiger partial charge in [0.05, 0.1) is 16.0 Å². The molecule has 2 aromatic rings. The highest BCUT2D eigenvalue weighted by Gasteiger charge is 2.36. The summed E-state index contributed by atoms with van der Waals surface area (Å²) in [4.78, 5) is 0.909. The number of nitrogens with two attached hydrogens (primary N) is 1. The van der Waals surface area contributed by atoms with E-state index in [0.717, 1.165) is 29.5 Å². The SMILES string of the molecule is CC1(C)CCC(N)C(S(=O)c2ccc3ccccc3c2)C1. The Labute approximate surface area is 129 Å². The Bertz CT molecular complexity index is 680. The first-order valence-corrected chi connectivity index (χ1v) is 8.83. The highest BCUT2D eigenvalue weighted by Crippen LogP contribution is 2.38. The van der Waals surface area contributed by atoms with E-state index in [1.165, 1.54) is 5.39 Å². The van der Waals surface area contributed by atoms with Crippen molar-refractivity contribution in [2.45, 2.75) is 49.3 Å². The lowest BCUT2D eigenvalue weighted by Gasteiger charge is -2.38. The van der Waals surface area contributed by atoms with Crippen LogP contribution in [-0.2, 0) is 10.8 Å². The third kappa shape index (κ3) is 3.04. The Morgan fingerprint density at radius 2 is 1.86 bits per heavy atom. The van der Waals surface area contributed by atoms with E-state index >= 15 is 0 Å². The molecule has 0 radical (unpaired) electrons. The normalized spacial score (nSPS) is 26.6. The Morgan fingerprint density at radius 3 is 2.62 bits per heavy atom. The molecule has 0 bridgehead atoms. The molecular weight excluding hydrogens is 278 g/mol. The highest BCUT2D eigenvalue weighted by molar-refractivity contribution is 7.85. The molecule has 0 aromatic heterocycles. The number of hydrogen-bond donors (Lipinski definition) is 1. The van der Waals surface area contributed by atoms with Gasteiger partial charge in [0.1, 0.15) is 0 Å². The summed E-state index contributed by atoms with van der Waals surface area (Å²) in [5.74, 6) is 0. The molecule has 2 aromatic carbocycles. The molecule has 21 heavy (non-hydrogen) atoms. The first-order chi connectivity index (χ1) is 9.96. The van der Waals surface area contributed by atoms with Crippen LogP contribution < -0.4 is 5.73 Å². The number of rotatable bonds is 2. The van der Waals surface area contributed by atoms with Crippen LogP contribution in [0.5, 0.6) is 0 Å². The molecule has 2 nitrogen and oxygen atoms in total. The van der Waals surface area contributed by atoms with Crippen LogP contribution in [0.25, 0.3) is 10.8 Å². The Hall–Kier alpha value is -1.19. The van der Waals surface area contributed by atoms with Crippen molar-refractivity contribution < 1.29 is 4.21 Å². The molecule has 0 heterocycles. The third-order valence-electron chi connectivity index (χ3n) is 4.61. The van der Waals surface area contributed by atoms with Gasteiger partial charge in [0, 0.05) is 10.9 Å². The zero-order valence-electron chi connectivity index (χ0n) is 12.7. The van der Waals surface area contributed by atoms with Gasteiger partial charge in [-0.25, -0.2) is 0 Å². The second-order valence-electron chi connectivity index (χ2n) is 6.92. The average Bonchev–Trinajstić information content (AvgIpc) is 2.48. The van der Waals surface area contributed by atoms with E-state index in [1.54, 1.807) is 0 Å². The van der Waals surface area contributed by atoms with Crippen LogP contribution in [0.2, 0.25) is 0 Å². The zero-order valence-corrected chi connectivity index (χ0v) is 13.5. The third-order valence-corrected chi connectivity index (χ3v) is 6.40. The predicted octanol–water partition coefficient (Wildman–Crippen LogP) is 3.85. The monoisotopic (exact) mass is 301 g/mol. The molecule has 0 amide bonds. The quantitative estimate of drug-likeness (QED) is 0.915. The van der Waals surface area contributed by atoms with E-state index in [9.17, 15) is 4.21 Å². The smallest absolute Gasteiger partial charge is 0.0576 e. The maximum Gasteiger partial charge on any atom is 0.0576 e. The van der Waals surface area contributed by atoms with Gasteiger partial charge < -0.3 is 5.73 Å². The van der Waals surface area contributed by atoms with E-state index in [2.05, 4.69) is 38.1 Å². The second kappa shape index (κ2) is 5.54. The molecule has 3 unspecified atom stereocenters. The lowest BCUT2D eigenvalue weighted by molar-refractivity contribution is 0.230. The van der Waals surface area contributed by atoms with Crippen molar-refractivity contribution in [3.8, 4) is 0 Å². The van der Waals surface area contributed by atoms with Crippen molar-refractivity contribution in [2.75, 3.05) is 0 Å². The van der Waals surface area contributed by atoms with Crippen molar-refractivity contribution in [3.63, 3.8) is 0 Å². The van der Waals surface area contributed by atoms with Crippen molar-refractivity contribution in [2.24, 2.45) is 11.1 Å². The summed E-state index contributed by atoms with van der Waals surface area (Å²) >= 11 is 0. The summed E-state index contributed by atoms with van der Waals surface area (Å²) in [6, 6.07) is 14.3. The van der Waals surface area contributed by atoms with Crippen LogP contribution in [0.1, 0.15) is 33.1 Å². The summed E-state index contributed by atoms with van der Waals surface area (Å²) in [6.07, 6.45) is 3.03. The summed E-state index contributed by atoms with van der Waals surface area (Å²) < 4.78 is 13.0. The van der Waals surface area contributed by atoms with Crippen molar-refractivity contribution in [3.05, 3.63) is 42.5 Å². The van der Waals surface area contributed by atoms with Crippen molar-refractivity contribution >= 4 is 21.6 Å². The molecule has 1 aliphatic rings. The van der Waals surface area contributed by atoms with Gasteiger partial charge in [-0.05, 0) is 47.6 Å². The average molecular weight is 301 g/mol. The molecule has 0 saturated heterocycles. The zero-order chi connectivity index (χ0) is 15.0. The summed E-state index contributed by atoms with van der Waals surface area (Å²) in [6.45, 7) is 4.51.